The van der Waals surface area contributed by atoms with Crippen LogP contribution in [0.15, 0.2) is 18.5 Å². The average molecular weight is 397 g/mol. The molecule has 152 valence electrons. The van der Waals surface area contributed by atoms with Gasteiger partial charge in [0.2, 0.25) is 0 Å². The second-order valence-corrected chi connectivity index (χ2v) is 6.72. The highest BCUT2D eigenvalue weighted by Crippen LogP contribution is 2.19. The van der Waals surface area contributed by atoms with Crippen molar-refractivity contribution in [1.29, 1.82) is 5.26 Å². The van der Waals surface area contributed by atoms with Gasteiger partial charge in [-0.1, -0.05) is 0 Å². The number of anilines is 3. The number of ether oxygens (including phenoxy) is 1. The molecule has 0 bridgehead atoms. The van der Waals surface area contributed by atoms with E-state index in [4.69, 9.17) is 10.00 Å². The minimum absolute atomic E-state index is 0.0151. The second kappa shape index (κ2) is 9.72. The Kier molecular flexibility index (Phi) is 6.83. The standard InChI is InChI=1S/C18H23N9O2/c1-11(2)24-18(28)17-14(22-9-13-8-20-3-4-29-13)5-15(26-27-17)25-16-10-21-12(6-19)7-23-16/h5,7,10-11,13,20H,3-4,8-9H2,1-2H3,(H,24,28)(H2,22,23,25,26). The van der Waals surface area contributed by atoms with Gasteiger partial charge in [0, 0.05) is 31.7 Å². The number of amides is 1. The molecule has 11 heteroatoms. The maximum absolute atomic E-state index is 12.5. The van der Waals surface area contributed by atoms with E-state index in [0.29, 0.717) is 30.5 Å². The first-order valence-electron chi connectivity index (χ1n) is 9.29. The number of nitrogens with zero attached hydrogens (tertiary/aromatic N) is 5. The SMILES string of the molecule is CC(C)NC(=O)c1nnc(Nc2cnc(C#N)cn2)cc1NCC1CNCCO1. The van der Waals surface area contributed by atoms with Gasteiger partial charge in [0.15, 0.2) is 17.2 Å². The molecule has 2 aromatic rings. The molecular formula is C18H23N9O2. The highest BCUT2D eigenvalue weighted by molar-refractivity contribution is 5.98. The molecule has 0 radical (unpaired) electrons. The molecule has 1 unspecified atom stereocenters. The van der Waals surface area contributed by atoms with Crippen molar-refractivity contribution >= 4 is 23.2 Å². The van der Waals surface area contributed by atoms with Crippen molar-refractivity contribution < 1.29 is 9.53 Å². The lowest BCUT2D eigenvalue weighted by atomic mass is 10.2. The van der Waals surface area contributed by atoms with E-state index < -0.39 is 0 Å². The Morgan fingerprint density at radius 3 is 2.86 bits per heavy atom. The number of morpholine rings is 1. The van der Waals surface area contributed by atoms with Gasteiger partial charge in [-0.05, 0) is 13.8 Å². The fourth-order valence-electron chi connectivity index (χ4n) is 2.64. The molecule has 3 rings (SSSR count). The van der Waals surface area contributed by atoms with Crippen LogP contribution in [-0.4, -0.2) is 64.5 Å². The Bertz CT molecular complexity index is 874. The van der Waals surface area contributed by atoms with Crippen molar-refractivity contribution in [2.24, 2.45) is 0 Å². The number of carbonyl (C=O) groups excluding carboxylic acids is 1. The van der Waals surface area contributed by atoms with Crippen LogP contribution >= 0.6 is 0 Å². The van der Waals surface area contributed by atoms with E-state index >= 15 is 0 Å². The van der Waals surface area contributed by atoms with Crippen LogP contribution in [0.25, 0.3) is 0 Å². The number of hydrogen-bond acceptors (Lipinski definition) is 10. The van der Waals surface area contributed by atoms with Crippen LogP contribution in [0.4, 0.5) is 17.3 Å². The van der Waals surface area contributed by atoms with E-state index in [0.717, 1.165) is 13.1 Å². The molecule has 11 nitrogen and oxygen atoms in total. The largest absolute Gasteiger partial charge is 0.380 e. The second-order valence-electron chi connectivity index (χ2n) is 6.72. The van der Waals surface area contributed by atoms with Crippen LogP contribution < -0.4 is 21.3 Å². The molecule has 0 aromatic carbocycles. The van der Waals surface area contributed by atoms with Crippen LogP contribution in [0.5, 0.6) is 0 Å². The van der Waals surface area contributed by atoms with Gasteiger partial charge in [0.1, 0.15) is 11.9 Å². The van der Waals surface area contributed by atoms with Gasteiger partial charge >= 0.3 is 0 Å². The van der Waals surface area contributed by atoms with Gasteiger partial charge in [-0.15, -0.1) is 10.2 Å². The summed E-state index contributed by atoms with van der Waals surface area (Å²) >= 11 is 0. The van der Waals surface area contributed by atoms with Gasteiger partial charge in [-0.25, -0.2) is 9.97 Å². The molecule has 3 heterocycles. The molecule has 0 spiro atoms. The number of nitriles is 1. The first-order valence-corrected chi connectivity index (χ1v) is 9.29. The Labute approximate surface area is 168 Å². The third-order valence-electron chi connectivity index (χ3n) is 3.98. The summed E-state index contributed by atoms with van der Waals surface area (Å²) in [5, 5.41) is 29.2. The van der Waals surface area contributed by atoms with E-state index in [2.05, 4.69) is 41.4 Å². The van der Waals surface area contributed by atoms with Crippen LogP contribution in [0.2, 0.25) is 0 Å². The molecule has 0 aliphatic carbocycles. The predicted molar refractivity (Wildman–Crippen MR) is 106 cm³/mol. The summed E-state index contributed by atoms with van der Waals surface area (Å²) in [5.74, 6) is 0.473. The summed E-state index contributed by atoms with van der Waals surface area (Å²) in [6, 6.07) is 3.56. The third-order valence-corrected chi connectivity index (χ3v) is 3.98. The summed E-state index contributed by atoms with van der Waals surface area (Å²) in [6.45, 7) is 6.46. The van der Waals surface area contributed by atoms with Crippen molar-refractivity contribution in [3.05, 3.63) is 29.8 Å². The number of carbonyl (C=O) groups is 1. The van der Waals surface area contributed by atoms with Crippen LogP contribution in [0.1, 0.15) is 30.0 Å². The van der Waals surface area contributed by atoms with Gasteiger partial charge in [-0.3, -0.25) is 4.79 Å². The monoisotopic (exact) mass is 397 g/mol. The zero-order chi connectivity index (χ0) is 20.6. The molecule has 1 aliphatic heterocycles. The van der Waals surface area contributed by atoms with Crippen LogP contribution in [0, 0.1) is 11.3 Å². The molecule has 1 aliphatic rings. The minimum atomic E-state index is -0.317. The van der Waals surface area contributed by atoms with Crippen molar-refractivity contribution in [3.63, 3.8) is 0 Å². The van der Waals surface area contributed by atoms with Crippen molar-refractivity contribution in [1.82, 2.24) is 30.8 Å². The van der Waals surface area contributed by atoms with Crippen molar-refractivity contribution in [3.8, 4) is 6.07 Å². The van der Waals surface area contributed by atoms with Crippen molar-refractivity contribution in [2.75, 3.05) is 36.9 Å². The van der Waals surface area contributed by atoms with Gasteiger partial charge in [0.25, 0.3) is 5.91 Å². The lowest BCUT2D eigenvalue weighted by Gasteiger charge is -2.24. The van der Waals surface area contributed by atoms with Crippen molar-refractivity contribution in [2.45, 2.75) is 26.0 Å². The first kappa shape index (κ1) is 20.4. The lowest BCUT2D eigenvalue weighted by molar-refractivity contribution is 0.0372. The number of nitrogens with one attached hydrogen (secondary N) is 4. The first-order chi connectivity index (χ1) is 14.0. The highest BCUT2D eigenvalue weighted by atomic mass is 16.5. The highest BCUT2D eigenvalue weighted by Gasteiger charge is 2.19. The third kappa shape index (κ3) is 5.81. The van der Waals surface area contributed by atoms with E-state index in [-0.39, 0.29) is 29.4 Å². The molecule has 29 heavy (non-hydrogen) atoms. The fourth-order valence-corrected chi connectivity index (χ4v) is 2.64. The maximum Gasteiger partial charge on any atom is 0.274 e. The van der Waals surface area contributed by atoms with Gasteiger partial charge < -0.3 is 26.0 Å². The molecule has 2 aromatic heterocycles. The molecule has 1 saturated heterocycles. The molecule has 1 amide bonds. The van der Waals surface area contributed by atoms with Gasteiger partial charge in [-0.2, -0.15) is 5.26 Å². The Balaban J connectivity index is 1.78. The molecule has 4 N–H and O–H groups in total. The van der Waals surface area contributed by atoms with E-state index in [1.807, 2.05) is 19.9 Å². The number of hydrogen-bond donors (Lipinski definition) is 4. The molecule has 1 atom stereocenters. The summed E-state index contributed by atoms with van der Waals surface area (Å²) in [4.78, 5) is 20.5. The maximum atomic E-state index is 12.5. The normalized spacial score (nSPS) is 16.1. The molecule has 1 fully saturated rings. The Morgan fingerprint density at radius 1 is 1.34 bits per heavy atom. The number of rotatable bonds is 7. The summed E-state index contributed by atoms with van der Waals surface area (Å²) in [5.41, 5.74) is 0.932. The summed E-state index contributed by atoms with van der Waals surface area (Å²) in [7, 11) is 0. The average Bonchev–Trinajstić information content (AvgIpc) is 2.73. The fraction of sp³-hybridized carbons (Fsp3) is 0.444. The Hall–Kier alpha value is -3.36. The van der Waals surface area contributed by atoms with Crippen LogP contribution in [0.3, 0.4) is 0 Å². The van der Waals surface area contributed by atoms with E-state index in [1.54, 1.807) is 6.07 Å². The van der Waals surface area contributed by atoms with Gasteiger partial charge in [0.05, 0.1) is 30.8 Å². The topological polar surface area (TPSA) is 150 Å². The summed E-state index contributed by atoms with van der Waals surface area (Å²) < 4.78 is 5.69. The molecular weight excluding hydrogens is 374 g/mol. The predicted octanol–water partition coefficient (Wildman–Crippen LogP) is 0.420. The summed E-state index contributed by atoms with van der Waals surface area (Å²) in [6.07, 6.45) is 2.76. The molecule has 0 saturated carbocycles. The van der Waals surface area contributed by atoms with E-state index in [1.165, 1.54) is 12.4 Å². The number of aromatic nitrogens is 4. The zero-order valence-electron chi connectivity index (χ0n) is 16.3. The van der Waals surface area contributed by atoms with E-state index in [9.17, 15) is 4.79 Å². The van der Waals surface area contributed by atoms with Crippen LogP contribution in [-0.2, 0) is 4.74 Å². The quantitative estimate of drug-likeness (QED) is 0.517. The zero-order valence-corrected chi connectivity index (χ0v) is 16.3. The minimum Gasteiger partial charge on any atom is -0.380 e. The smallest absolute Gasteiger partial charge is 0.274 e. The Morgan fingerprint density at radius 2 is 2.21 bits per heavy atom. The lowest BCUT2D eigenvalue weighted by Crippen LogP contribution is -2.42.